The predicted octanol–water partition coefficient (Wildman–Crippen LogP) is 6.39. The van der Waals surface area contributed by atoms with Gasteiger partial charge in [-0.25, -0.2) is 0 Å². The highest BCUT2D eigenvalue weighted by Crippen LogP contribution is 2.34. The third-order valence-electron chi connectivity index (χ3n) is 5.87. The van der Waals surface area contributed by atoms with E-state index in [0.717, 1.165) is 51.1 Å². The van der Waals surface area contributed by atoms with Crippen molar-refractivity contribution in [1.29, 1.82) is 0 Å². The number of carbonyl (C=O) groups is 1. The maximum atomic E-state index is 12.5. The number of para-hydroxylation sites is 1. The zero-order chi connectivity index (χ0) is 22.9. The molecule has 1 aromatic heterocycles. The first-order chi connectivity index (χ1) is 16.0. The van der Waals surface area contributed by atoms with Crippen molar-refractivity contribution in [1.82, 2.24) is 4.57 Å². The fourth-order valence-electron chi connectivity index (χ4n) is 4.21. The van der Waals surface area contributed by atoms with E-state index in [-0.39, 0.29) is 5.91 Å². The molecule has 0 fully saturated rings. The largest absolute Gasteiger partial charge is 0.497 e. The van der Waals surface area contributed by atoms with Gasteiger partial charge in [0.05, 0.1) is 7.11 Å². The zero-order valence-electron chi connectivity index (χ0n) is 18.8. The molecule has 0 saturated heterocycles. The summed E-state index contributed by atoms with van der Waals surface area (Å²) in [6.07, 6.45) is 1.97. The summed E-state index contributed by atoms with van der Waals surface area (Å²) < 4.78 is 13.3. The van der Waals surface area contributed by atoms with E-state index in [9.17, 15) is 4.79 Å². The summed E-state index contributed by atoms with van der Waals surface area (Å²) in [6, 6.07) is 25.4. The van der Waals surface area contributed by atoms with Crippen LogP contribution in [0.5, 0.6) is 17.2 Å². The summed E-state index contributed by atoms with van der Waals surface area (Å²) in [5.41, 5.74) is 6.70. The molecule has 0 unspecified atom stereocenters. The zero-order valence-corrected chi connectivity index (χ0v) is 18.8. The number of amides is 1. The Morgan fingerprint density at radius 2 is 1.48 bits per heavy atom. The van der Waals surface area contributed by atoms with Crippen molar-refractivity contribution >= 4 is 23.2 Å². The Morgan fingerprint density at radius 3 is 2.18 bits per heavy atom. The monoisotopic (exact) mass is 436 g/mol. The number of ether oxygens (including phenoxy) is 2. The van der Waals surface area contributed by atoms with Crippen LogP contribution in [-0.2, 0) is 4.79 Å². The van der Waals surface area contributed by atoms with Crippen LogP contribution in [0.2, 0.25) is 0 Å². The molecule has 0 radical (unpaired) electrons. The van der Waals surface area contributed by atoms with Gasteiger partial charge < -0.3 is 19.4 Å². The first-order valence-corrected chi connectivity index (χ1v) is 10.8. The molecule has 33 heavy (non-hydrogen) atoms. The Labute approximate surface area is 192 Å². The number of carbonyl (C=O) groups excluding carboxylic acids is 1. The van der Waals surface area contributed by atoms with Crippen molar-refractivity contribution < 1.29 is 14.3 Å². The minimum atomic E-state index is -0.0685. The van der Waals surface area contributed by atoms with Crippen LogP contribution in [0.3, 0.4) is 0 Å². The summed E-state index contributed by atoms with van der Waals surface area (Å²) in [6.45, 7) is 4.14. The van der Waals surface area contributed by atoms with Gasteiger partial charge in [-0.2, -0.15) is 0 Å². The molecule has 5 heteroatoms. The number of methoxy groups -OCH3 is 1. The Hall–Kier alpha value is -4.25. The van der Waals surface area contributed by atoms with Gasteiger partial charge in [0.25, 0.3) is 5.91 Å². The van der Waals surface area contributed by atoms with Gasteiger partial charge in [-0.3, -0.25) is 4.79 Å². The Bertz CT molecular complexity index is 1360. The van der Waals surface area contributed by atoms with Crippen LogP contribution < -0.4 is 14.8 Å². The minimum Gasteiger partial charge on any atom is -0.497 e. The second-order valence-corrected chi connectivity index (χ2v) is 7.99. The molecule has 1 aliphatic heterocycles. The highest BCUT2D eigenvalue weighted by Gasteiger charge is 2.24. The summed E-state index contributed by atoms with van der Waals surface area (Å²) in [5.74, 6) is 2.23. The summed E-state index contributed by atoms with van der Waals surface area (Å²) in [4.78, 5) is 12.5. The van der Waals surface area contributed by atoms with Gasteiger partial charge in [-0.05, 0) is 86.2 Å². The number of fused-ring (bicyclic) bond motifs is 1. The highest BCUT2D eigenvalue weighted by molar-refractivity contribution is 6.34. The van der Waals surface area contributed by atoms with Crippen molar-refractivity contribution in [3.05, 3.63) is 101 Å². The predicted molar refractivity (Wildman–Crippen MR) is 131 cm³/mol. The van der Waals surface area contributed by atoms with Crippen molar-refractivity contribution in [3.63, 3.8) is 0 Å². The van der Waals surface area contributed by atoms with Crippen molar-refractivity contribution in [2.45, 2.75) is 13.8 Å². The SMILES string of the molecule is COc1ccc(Oc2ccc(-n3c(C)cc(/C=C4/C(=O)Nc5ccccc54)c3C)cc2)cc1. The van der Waals surface area contributed by atoms with E-state index in [4.69, 9.17) is 9.47 Å². The molecule has 3 aromatic carbocycles. The summed E-state index contributed by atoms with van der Waals surface area (Å²) >= 11 is 0. The van der Waals surface area contributed by atoms with E-state index in [0.29, 0.717) is 5.57 Å². The van der Waals surface area contributed by atoms with E-state index in [1.165, 1.54) is 0 Å². The van der Waals surface area contributed by atoms with Crippen molar-refractivity contribution in [2.75, 3.05) is 12.4 Å². The van der Waals surface area contributed by atoms with Crippen LogP contribution in [0.4, 0.5) is 5.69 Å². The Kier molecular flexibility index (Phi) is 5.23. The Morgan fingerprint density at radius 1 is 0.848 bits per heavy atom. The third-order valence-corrected chi connectivity index (χ3v) is 5.87. The molecular formula is C28H24N2O3. The van der Waals surface area contributed by atoms with Gasteiger partial charge in [0, 0.05) is 33.9 Å². The number of aryl methyl sites for hydroxylation is 1. The van der Waals surface area contributed by atoms with Crippen LogP contribution in [-0.4, -0.2) is 17.6 Å². The average molecular weight is 437 g/mol. The smallest absolute Gasteiger partial charge is 0.256 e. The van der Waals surface area contributed by atoms with E-state index >= 15 is 0 Å². The highest BCUT2D eigenvalue weighted by atomic mass is 16.5. The molecule has 1 amide bonds. The standard InChI is InChI=1S/C28H24N2O3/c1-18-16-20(17-26-25-6-4-5-7-27(25)29-28(26)31)19(2)30(18)21-8-10-23(11-9-21)33-24-14-12-22(32-3)13-15-24/h4-17H,1-3H3,(H,29,31)/b26-17+. The lowest BCUT2D eigenvalue weighted by atomic mass is 10.0. The molecule has 1 aliphatic rings. The lowest BCUT2D eigenvalue weighted by molar-refractivity contribution is -0.110. The fourth-order valence-corrected chi connectivity index (χ4v) is 4.21. The Balaban J connectivity index is 1.42. The number of nitrogens with zero attached hydrogens (tertiary/aromatic N) is 1. The topological polar surface area (TPSA) is 52.5 Å². The number of anilines is 1. The third kappa shape index (κ3) is 3.89. The van der Waals surface area contributed by atoms with Crippen LogP contribution in [0.25, 0.3) is 17.3 Å². The summed E-state index contributed by atoms with van der Waals surface area (Å²) in [7, 11) is 1.64. The van der Waals surface area contributed by atoms with E-state index < -0.39 is 0 Å². The van der Waals surface area contributed by atoms with Crippen LogP contribution in [0.1, 0.15) is 22.5 Å². The first-order valence-electron chi connectivity index (χ1n) is 10.8. The average Bonchev–Trinajstić information content (AvgIpc) is 3.30. The minimum absolute atomic E-state index is 0.0685. The molecule has 5 rings (SSSR count). The van der Waals surface area contributed by atoms with Crippen LogP contribution >= 0.6 is 0 Å². The van der Waals surface area contributed by atoms with E-state index in [1.54, 1.807) is 7.11 Å². The normalized spacial score (nSPS) is 13.7. The molecule has 0 bridgehead atoms. The molecule has 0 atom stereocenters. The van der Waals surface area contributed by atoms with E-state index in [2.05, 4.69) is 29.8 Å². The summed E-state index contributed by atoms with van der Waals surface area (Å²) in [5, 5.41) is 2.94. The van der Waals surface area contributed by atoms with Gasteiger partial charge in [-0.1, -0.05) is 18.2 Å². The number of nitrogens with one attached hydrogen (secondary N) is 1. The van der Waals surface area contributed by atoms with Gasteiger partial charge >= 0.3 is 0 Å². The maximum absolute atomic E-state index is 12.5. The van der Waals surface area contributed by atoms with Gasteiger partial charge in [0.1, 0.15) is 17.2 Å². The second kappa shape index (κ2) is 8.36. The molecule has 1 N–H and O–H groups in total. The number of aromatic nitrogens is 1. The number of benzene rings is 3. The molecule has 164 valence electrons. The second-order valence-electron chi connectivity index (χ2n) is 7.99. The molecule has 2 heterocycles. The molecular weight excluding hydrogens is 412 g/mol. The quantitative estimate of drug-likeness (QED) is 0.369. The number of hydrogen-bond donors (Lipinski definition) is 1. The van der Waals surface area contributed by atoms with Gasteiger partial charge in [0.2, 0.25) is 0 Å². The van der Waals surface area contributed by atoms with Gasteiger partial charge in [-0.15, -0.1) is 0 Å². The molecule has 0 spiro atoms. The fraction of sp³-hybridized carbons (Fsp3) is 0.107. The van der Waals surface area contributed by atoms with Crippen LogP contribution in [0, 0.1) is 13.8 Å². The molecule has 0 aliphatic carbocycles. The maximum Gasteiger partial charge on any atom is 0.256 e. The van der Waals surface area contributed by atoms with Crippen molar-refractivity contribution in [3.8, 4) is 22.9 Å². The van der Waals surface area contributed by atoms with E-state index in [1.807, 2.05) is 78.9 Å². The molecule has 4 aromatic rings. The number of rotatable bonds is 5. The number of hydrogen-bond acceptors (Lipinski definition) is 3. The lowest BCUT2D eigenvalue weighted by Gasteiger charge is -2.11. The molecule has 0 saturated carbocycles. The van der Waals surface area contributed by atoms with Gasteiger partial charge in [0.15, 0.2) is 0 Å². The van der Waals surface area contributed by atoms with Crippen molar-refractivity contribution in [2.24, 2.45) is 0 Å². The van der Waals surface area contributed by atoms with Crippen LogP contribution in [0.15, 0.2) is 78.9 Å². The first kappa shape index (κ1) is 20.6. The molecule has 5 nitrogen and oxygen atoms in total. The lowest BCUT2D eigenvalue weighted by Crippen LogP contribution is -2.03.